The van der Waals surface area contributed by atoms with Crippen LogP contribution < -0.4 is 0 Å². The first-order valence-electron chi connectivity index (χ1n) is 4.90. The summed E-state index contributed by atoms with van der Waals surface area (Å²) in [5.74, 6) is 0. The lowest BCUT2D eigenvalue weighted by Crippen LogP contribution is -2.03. The fourth-order valence-corrected chi connectivity index (χ4v) is 0.863. The smallest absolute Gasteiger partial charge is 0.404 e. The number of unbranched alkanes of at least 4 members (excludes halogenated alkanes) is 3. The molecule has 0 aromatic heterocycles. The Morgan fingerprint density at radius 2 is 1.62 bits per heavy atom. The molecule has 0 rings (SSSR count). The monoisotopic (exact) mass is 208 g/mol. The van der Waals surface area contributed by atoms with Gasteiger partial charge in [0.25, 0.3) is 0 Å². The van der Waals surface area contributed by atoms with E-state index in [0.717, 1.165) is 0 Å². The van der Waals surface area contributed by atoms with Gasteiger partial charge in [0.2, 0.25) is 0 Å². The van der Waals surface area contributed by atoms with Crippen molar-refractivity contribution >= 4 is 17.0 Å². The number of carbonyl (C=O) groups is 1. The van der Waals surface area contributed by atoms with E-state index in [2.05, 4.69) is 18.6 Å². The Morgan fingerprint density at radius 3 is 1.69 bits per heavy atom. The molecule has 0 atom stereocenters. The fourth-order valence-electron chi connectivity index (χ4n) is 0.685. The Balaban J connectivity index is 0. The summed E-state index contributed by atoms with van der Waals surface area (Å²) in [6.45, 7) is 7.94. The van der Waals surface area contributed by atoms with Gasteiger partial charge in [-0.25, -0.2) is 4.79 Å². The van der Waals surface area contributed by atoms with Crippen molar-refractivity contribution in [3.05, 3.63) is 0 Å². The molecule has 80 valence electrons. The third kappa shape index (κ3) is 24.5. The first-order chi connectivity index (χ1) is 6.04. The van der Waals surface area contributed by atoms with Crippen molar-refractivity contribution in [3.8, 4) is 0 Å². The van der Waals surface area contributed by atoms with Crippen molar-refractivity contribution in [3.63, 3.8) is 0 Å². The highest BCUT2D eigenvalue weighted by Crippen LogP contribution is 1.95. The van der Waals surface area contributed by atoms with E-state index < -0.39 is 5.43 Å². The average molecular weight is 209 g/mol. The molecule has 3 heteroatoms. The summed E-state index contributed by atoms with van der Waals surface area (Å²) in [6.07, 6.45) is 5.43. The summed E-state index contributed by atoms with van der Waals surface area (Å²) in [5.41, 5.74) is -0.741. The van der Waals surface area contributed by atoms with Gasteiger partial charge in [-0.2, -0.15) is 0 Å². The lowest BCUT2D eigenvalue weighted by atomic mass is 10.2. The molecule has 0 fully saturated rings. The number of carbonyl (C=O) groups excluding carboxylic acids is 1. The molecule has 0 spiro atoms. The van der Waals surface area contributed by atoms with Gasteiger partial charge in [0.15, 0.2) is 0 Å². The summed E-state index contributed by atoms with van der Waals surface area (Å²) >= 11 is 4.81. The van der Waals surface area contributed by atoms with Crippen molar-refractivity contribution in [1.82, 2.24) is 0 Å². The molecule has 2 nitrogen and oxygen atoms in total. The van der Waals surface area contributed by atoms with Gasteiger partial charge in [0.1, 0.15) is 0 Å². The van der Waals surface area contributed by atoms with E-state index in [0.29, 0.717) is 0 Å². The minimum atomic E-state index is -0.741. The minimum Gasteiger partial charge on any atom is -0.451 e. The van der Waals surface area contributed by atoms with Crippen LogP contribution >= 0.6 is 11.6 Å². The molecule has 0 N–H and O–H groups in total. The van der Waals surface area contributed by atoms with E-state index in [1.807, 2.05) is 0 Å². The van der Waals surface area contributed by atoms with Crippen LogP contribution in [0.2, 0.25) is 0 Å². The van der Waals surface area contributed by atoms with E-state index in [4.69, 9.17) is 11.6 Å². The van der Waals surface area contributed by atoms with Crippen LogP contribution in [0.1, 0.15) is 53.4 Å². The Kier molecular flexibility index (Phi) is 13.8. The van der Waals surface area contributed by atoms with Crippen LogP contribution in [0.4, 0.5) is 4.79 Å². The molecule has 13 heavy (non-hydrogen) atoms. The minimum absolute atomic E-state index is 0.106. The van der Waals surface area contributed by atoms with E-state index in [1.54, 1.807) is 13.8 Å². The number of halogens is 1. The topological polar surface area (TPSA) is 26.3 Å². The highest BCUT2D eigenvalue weighted by Gasteiger charge is 1.96. The molecule has 0 radical (unpaired) electrons. The van der Waals surface area contributed by atoms with Gasteiger partial charge in [0, 0.05) is 11.6 Å². The second kappa shape index (κ2) is 11.8. The number of ether oxygens (including phenoxy) is 1. The SMILES string of the molecule is CC(C)OC(=O)Cl.CCCCCC. The van der Waals surface area contributed by atoms with Gasteiger partial charge in [-0.05, 0) is 13.8 Å². The molecule has 0 aliphatic carbocycles. The molecule has 0 aliphatic rings. The van der Waals surface area contributed by atoms with Gasteiger partial charge < -0.3 is 4.74 Å². The molecule has 0 amide bonds. The van der Waals surface area contributed by atoms with Crippen molar-refractivity contribution in [1.29, 1.82) is 0 Å². The van der Waals surface area contributed by atoms with Crippen LogP contribution in [-0.2, 0) is 4.74 Å². The molecular weight excluding hydrogens is 188 g/mol. The second-order valence-electron chi connectivity index (χ2n) is 3.11. The largest absolute Gasteiger partial charge is 0.451 e. The molecule has 0 saturated carbocycles. The first-order valence-corrected chi connectivity index (χ1v) is 5.28. The summed E-state index contributed by atoms with van der Waals surface area (Å²) in [5, 5.41) is 0. The fraction of sp³-hybridized carbons (Fsp3) is 0.900. The van der Waals surface area contributed by atoms with Crippen LogP contribution in [-0.4, -0.2) is 11.5 Å². The zero-order valence-electron chi connectivity index (χ0n) is 9.10. The van der Waals surface area contributed by atoms with Crippen LogP contribution in [0.15, 0.2) is 0 Å². The van der Waals surface area contributed by atoms with Gasteiger partial charge >= 0.3 is 5.43 Å². The van der Waals surface area contributed by atoms with Gasteiger partial charge in [-0.3, -0.25) is 0 Å². The third-order valence-electron chi connectivity index (χ3n) is 1.29. The summed E-state index contributed by atoms with van der Waals surface area (Å²) < 4.78 is 4.38. The van der Waals surface area contributed by atoms with Crippen molar-refractivity contribution in [2.45, 2.75) is 59.5 Å². The molecule has 0 aliphatic heterocycles. The second-order valence-corrected chi connectivity index (χ2v) is 3.42. The number of rotatable bonds is 4. The van der Waals surface area contributed by atoms with E-state index in [9.17, 15) is 4.79 Å². The molecule has 0 unspecified atom stereocenters. The molecule has 0 aromatic carbocycles. The lowest BCUT2D eigenvalue weighted by molar-refractivity contribution is 0.141. The summed E-state index contributed by atoms with van der Waals surface area (Å²) in [6, 6.07) is 0. The van der Waals surface area contributed by atoms with Crippen LogP contribution in [0.3, 0.4) is 0 Å². The predicted molar refractivity (Wildman–Crippen MR) is 57.3 cm³/mol. The Hall–Kier alpha value is -0.240. The Labute approximate surface area is 86.6 Å². The van der Waals surface area contributed by atoms with E-state index >= 15 is 0 Å². The highest BCUT2D eigenvalue weighted by atomic mass is 35.5. The number of hydrogen-bond donors (Lipinski definition) is 0. The van der Waals surface area contributed by atoms with Crippen molar-refractivity contribution in [2.75, 3.05) is 0 Å². The molecule has 0 aromatic rings. The van der Waals surface area contributed by atoms with E-state index in [1.165, 1.54) is 25.7 Å². The van der Waals surface area contributed by atoms with Crippen LogP contribution in [0.5, 0.6) is 0 Å². The molecule has 0 saturated heterocycles. The Morgan fingerprint density at radius 1 is 1.23 bits per heavy atom. The maximum Gasteiger partial charge on any atom is 0.404 e. The zero-order valence-corrected chi connectivity index (χ0v) is 9.86. The highest BCUT2D eigenvalue weighted by molar-refractivity contribution is 6.61. The maximum atomic E-state index is 9.80. The maximum absolute atomic E-state index is 9.80. The normalized spacial score (nSPS) is 9.08. The van der Waals surface area contributed by atoms with Crippen LogP contribution in [0.25, 0.3) is 0 Å². The predicted octanol–water partition coefficient (Wildman–Crippen LogP) is 4.36. The van der Waals surface area contributed by atoms with Crippen molar-refractivity contribution < 1.29 is 9.53 Å². The molecular formula is C10H21ClO2. The quantitative estimate of drug-likeness (QED) is 0.507. The van der Waals surface area contributed by atoms with Gasteiger partial charge in [-0.1, -0.05) is 39.5 Å². The lowest BCUT2D eigenvalue weighted by Gasteiger charge is -2.00. The van der Waals surface area contributed by atoms with Gasteiger partial charge in [-0.15, -0.1) is 0 Å². The third-order valence-corrected chi connectivity index (χ3v) is 1.37. The molecule has 0 heterocycles. The Bertz CT molecular complexity index is 109. The molecule has 0 bridgehead atoms. The average Bonchev–Trinajstić information content (AvgIpc) is 1.99. The van der Waals surface area contributed by atoms with Crippen molar-refractivity contribution in [2.24, 2.45) is 0 Å². The zero-order chi connectivity index (χ0) is 10.7. The van der Waals surface area contributed by atoms with Gasteiger partial charge in [0.05, 0.1) is 6.10 Å². The standard InChI is InChI=1S/C6H14.C4H7ClO2/c1-3-5-6-4-2;1-3(2)7-4(5)6/h3-6H2,1-2H3;3H,1-2H3. The first kappa shape index (κ1) is 15.2. The van der Waals surface area contributed by atoms with Crippen LogP contribution in [0, 0.1) is 0 Å². The summed E-state index contributed by atoms with van der Waals surface area (Å²) in [4.78, 5) is 9.80. The number of hydrogen-bond acceptors (Lipinski definition) is 2. The summed E-state index contributed by atoms with van der Waals surface area (Å²) in [7, 11) is 0. The van der Waals surface area contributed by atoms with E-state index in [-0.39, 0.29) is 6.10 Å².